The molecule has 0 radical (unpaired) electrons. The standard InChI is InChI=1S/C20H26N6S/c1-4-21-20(23-13-19-25-18(14-27-19)15(2)3)22-12-16-6-8-17(9-7-16)26-11-5-10-24-26/h5-11,14-15H,4,12-13H2,1-3H3,(H2,21,22,23). The van der Waals surface area contributed by atoms with E-state index in [0.717, 1.165) is 34.5 Å². The van der Waals surface area contributed by atoms with Crippen molar-refractivity contribution in [3.8, 4) is 5.69 Å². The van der Waals surface area contributed by atoms with Crippen LogP contribution in [0.5, 0.6) is 0 Å². The highest BCUT2D eigenvalue weighted by molar-refractivity contribution is 7.09. The van der Waals surface area contributed by atoms with Crippen LogP contribution in [-0.4, -0.2) is 27.3 Å². The van der Waals surface area contributed by atoms with Gasteiger partial charge in [-0.1, -0.05) is 26.0 Å². The normalized spacial score (nSPS) is 11.8. The Morgan fingerprint density at radius 2 is 2.04 bits per heavy atom. The van der Waals surface area contributed by atoms with Crippen LogP contribution in [0.25, 0.3) is 5.69 Å². The van der Waals surface area contributed by atoms with E-state index in [-0.39, 0.29) is 0 Å². The molecule has 7 heteroatoms. The lowest BCUT2D eigenvalue weighted by molar-refractivity contribution is 0.788. The summed E-state index contributed by atoms with van der Waals surface area (Å²) < 4.78 is 1.85. The highest BCUT2D eigenvalue weighted by Gasteiger charge is 2.06. The van der Waals surface area contributed by atoms with E-state index in [9.17, 15) is 0 Å². The van der Waals surface area contributed by atoms with Crippen LogP contribution in [0.4, 0.5) is 0 Å². The van der Waals surface area contributed by atoms with Gasteiger partial charge in [0.1, 0.15) is 5.01 Å². The van der Waals surface area contributed by atoms with E-state index in [1.165, 1.54) is 0 Å². The van der Waals surface area contributed by atoms with Crippen LogP contribution in [0.15, 0.2) is 53.1 Å². The van der Waals surface area contributed by atoms with Crippen molar-refractivity contribution >= 4 is 17.3 Å². The van der Waals surface area contributed by atoms with Crippen molar-refractivity contribution < 1.29 is 0 Å². The van der Waals surface area contributed by atoms with Crippen LogP contribution in [0.3, 0.4) is 0 Å². The molecule has 0 amide bonds. The minimum atomic E-state index is 0.460. The number of rotatable bonds is 7. The summed E-state index contributed by atoms with van der Waals surface area (Å²) in [5.41, 5.74) is 3.35. The first-order chi connectivity index (χ1) is 13.2. The average molecular weight is 383 g/mol. The van der Waals surface area contributed by atoms with Crippen LogP contribution in [0.2, 0.25) is 0 Å². The van der Waals surface area contributed by atoms with Crippen molar-refractivity contribution in [2.75, 3.05) is 6.54 Å². The van der Waals surface area contributed by atoms with Gasteiger partial charge >= 0.3 is 0 Å². The molecule has 0 aliphatic carbocycles. The first-order valence-electron chi connectivity index (χ1n) is 9.21. The lowest BCUT2D eigenvalue weighted by Gasteiger charge is -2.10. The summed E-state index contributed by atoms with van der Waals surface area (Å²) in [5.74, 6) is 1.26. The Bertz CT molecular complexity index is 849. The predicted octanol–water partition coefficient (Wildman–Crippen LogP) is 3.71. The van der Waals surface area contributed by atoms with Crippen molar-refractivity contribution in [1.82, 2.24) is 25.4 Å². The van der Waals surface area contributed by atoms with Crippen LogP contribution < -0.4 is 10.6 Å². The molecular weight excluding hydrogens is 356 g/mol. The van der Waals surface area contributed by atoms with Crippen LogP contribution >= 0.6 is 11.3 Å². The fourth-order valence-corrected chi connectivity index (χ4v) is 3.41. The number of hydrogen-bond donors (Lipinski definition) is 2. The number of nitrogens with one attached hydrogen (secondary N) is 2. The van der Waals surface area contributed by atoms with E-state index < -0.39 is 0 Å². The molecule has 1 aromatic carbocycles. The quantitative estimate of drug-likeness (QED) is 0.483. The maximum Gasteiger partial charge on any atom is 0.191 e. The molecule has 2 aromatic heterocycles. The van der Waals surface area contributed by atoms with Gasteiger partial charge in [0.25, 0.3) is 0 Å². The fraction of sp³-hybridized carbons (Fsp3) is 0.350. The first kappa shape index (κ1) is 19.1. The molecule has 0 fully saturated rings. The molecule has 0 atom stereocenters. The number of hydrogen-bond acceptors (Lipinski definition) is 4. The van der Waals surface area contributed by atoms with E-state index in [1.807, 2.05) is 16.9 Å². The molecule has 27 heavy (non-hydrogen) atoms. The van der Waals surface area contributed by atoms with Gasteiger partial charge in [-0.3, -0.25) is 0 Å². The van der Waals surface area contributed by atoms with Gasteiger partial charge in [-0.15, -0.1) is 11.3 Å². The number of aromatic nitrogens is 3. The van der Waals surface area contributed by atoms with Crippen LogP contribution in [-0.2, 0) is 13.1 Å². The highest BCUT2D eigenvalue weighted by Crippen LogP contribution is 2.17. The Morgan fingerprint density at radius 1 is 1.22 bits per heavy atom. The Hall–Kier alpha value is -2.67. The monoisotopic (exact) mass is 382 g/mol. The van der Waals surface area contributed by atoms with Gasteiger partial charge in [-0.25, -0.2) is 14.7 Å². The zero-order valence-corrected chi connectivity index (χ0v) is 16.8. The maximum absolute atomic E-state index is 4.68. The number of thiazole rings is 1. The van der Waals surface area contributed by atoms with Crippen molar-refractivity contribution in [3.05, 3.63) is 64.4 Å². The summed E-state index contributed by atoms with van der Waals surface area (Å²) in [5, 5.41) is 14.1. The molecule has 2 heterocycles. The van der Waals surface area contributed by atoms with E-state index in [2.05, 4.69) is 76.1 Å². The third-order valence-corrected chi connectivity index (χ3v) is 4.90. The molecule has 0 saturated carbocycles. The molecular formula is C20H26N6S. The zero-order chi connectivity index (χ0) is 19.1. The number of aliphatic imine (C=N–C) groups is 1. The summed E-state index contributed by atoms with van der Waals surface area (Å²) in [6.07, 6.45) is 3.71. The Labute approximate surface area is 164 Å². The van der Waals surface area contributed by atoms with E-state index in [4.69, 9.17) is 0 Å². The summed E-state index contributed by atoms with van der Waals surface area (Å²) in [7, 11) is 0. The number of guanidine groups is 1. The lowest BCUT2D eigenvalue weighted by Crippen LogP contribution is -2.36. The molecule has 3 rings (SSSR count). The Kier molecular flexibility index (Phi) is 6.59. The van der Waals surface area contributed by atoms with Gasteiger partial charge in [0, 0.05) is 24.3 Å². The van der Waals surface area contributed by atoms with Crippen molar-refractivity contribution in [3.63, 3.8) is 0 Å². The largest absolute Gasteiger partial charge is 0.357 e. The third-order valence-electron chi connectivity index (χ3n) is 4.04. The van der Waals surface area contributed by atoms with Crippen molar-refractivity contribution in [2.24, 2.45) is 4.99 Å². The van der Waals surface area contributed by atoms with Gasteiger partial charge in [0.2, 0.25) is 0 Å². The topological polar surface area (TPSA) is 67.1 Å². The van der Waals surface area contributed by atoms with Gasteiger partial charge in [-0.2, -0.15) is 5.10 Å². The smallest absolute Gasteiger partial charge is 0.191 e. The van der Waals surface area contributed by atoms with Crippen LogP contribution in [0, 0.1) is 0 Å². The molecule has 0 unspecified atom stereocenters. The minimum absolute atomic E-state index is 0.460. The number of benzene rings is 1. The van der Waals surface area contributed by atoms with Crippen molar-refractivity contribution in [2.45, 2.75) is 39.8 Å². The van der Waals surface area contributed by atoms with Gasteiger partial charge < -0.3 is 10.6 Å². The number of nitrogens with zero attached hydrogens (tertiary/aromatic N) is 4. The zero-order valence-electron chi connectivity index (χ0n) is 16.0. The molecule has 0 bridgehead atoms. The third kappa shape index (κ3) is 5.40. The Balaban J connectivity index is 1.59. The Morgan fingerprint density at radius 3 is 2.67 bits per heavy atom. The van der Waals surface area contributed by atoms with Gasteiger partial charge in [0.05, 0.1) is 24.5 Å². The van der Waals surface area contributed by atoms with Gasteiger partial charge in [-0.05, 0) is 36.6 Å². The second kappa shape index (κ2) is 9.32. The molecule has 0 aliphatic rings. The lowest BCUT2D eigenvalue weighted by atomic mass is 10.2. The maximum atomic E-state index is 4.68. The van der Waals surface area contributed by atoms with E-state index >= 15 is 0 Å². The minimum Gasteiger partial charge on any atom is -0.357 e. The van der Waals surface area contributed by atoms with Crippen molar-refractivity contribution in [1.29, 1.82) is 0 Å². The molecule has 3 aromatic rings. The predicted molar refractivity (Wildman–Crippen MR) is 111 cm³/mol. The van der Waals surface area contributed by atoms with Crippen LogP contribution in [0.1, 0.15) is 43.0 Å². The molecule has 0 aliphatic heterocycles. The van der Waals surface area contributed by atoms with E-state index in [0.29, 0.717) is 19.0 Å². The summed E-state index contributed by atoms with van der Waals surface area (Å²) in [6, 6.07) is 10.2. The average Bonchev–Trinajstić information content (AvgIpc) is 3.36. The first-order valence-corrected chi connectivity index (χ1v) is 10.1. The summed E-state index contributed by atoms with van der Waals surface area (Å²) >= 11 is 1.69. The fourth-order valence-electron chi connectivity index (χ4n) is 2.52. The van der Waals surface area contributed by atoms with Gasteiger partial charge in [0.15, 0.2) is 5.96 Å². The summed E-state index contributed by atoms with van der Waals surface area (Å²) in [4.78, 5) is 9.34. The molecule has 0 saturated heterocycles. The SMILES string of the molecule is CCNC(=NCc1ccc(-n2cccn2)cc1)NCc1nc(C(C)C)cs1. The highest BCUT2D eigenvalue weighted by atomic mass is 32.1. The molecule has 6 nitrogen and oxygen atoms in total. The molecule has 0 spiro atoms. The van der Waals surface area contributed by atoms with E-state index in [1.54, 1.807) is 17.5 Å². The summed E-state index contributed by atoms with van der Waals surface area (Å²) in [6.45, 7) is 8.51. The second-order valence-electron chi connectivity index (χ2n) is 6.49. The molecule has 2 N–H and O–H groups in total. The second-order valence-corrected chi connectivity index (χ2v) is 7.43. The molecule has 142 valence electrons.